The van der Waals surface area contributed by atoms with Crippen molar-refractivity contribution in [2.45, 2.75) is 36.0 Å². The van der Waals surface area contributed by atoms with Crippen LogP contribution in [0.4, 0.5) is 0 Å². The Balaban J connectivity index is 2.32. The first-order valence-electron chi connectivity index (χ1n) is 9.21. The van der Waals surface area contributed by atoms with Crippen LogP contribution in [0.5, 0.6) is 5.75 Å². The molecule has 0 amide bonds. The number of esters is 2. The Hall–Kier alpha value is -1.51. The highest BCUT2D eigenvalue weighted by Crippen LogP contribution is 2.42. The van der Waals surface area contributed by atoms with E-state index in [2.05, 4.69) is 51.8 Å². The first-order valence-corrected chi connectivity index (χ1v) is 11.6. The number of hydrogen-bond donors (Lipinski definition) is 0. The molecule has 0 radical (unpaired) electrons. The van der Waals surface area contributed by atoms with Crippen LogP contribution < -0.4 is 4.74 Å². The minimum Gasteiger partial charge on any atom is -0.496 e. The number of hydrogen-bond acceptors (Lipinski definition) is 6. The van der Waals surface area contributed by atoms with Gasteiger partial charge in [0, 0.05) is 18.7 Å². The lowest BCUT2D eigenvalue weighted by molar-refractivity contribution is -0.158. The van der Waals surface area contributed by atoms with Crippen molar-refractivity contribution in [1.82, 2.24) is 0 Å². The highest BCUT2D eigenvalue weighted by molar-refractivity contribution is 9.11. The molecule has 2 aromatic carbocycles. The number of carbonyl (C=O) groups is 2. The van der Waals surface area contributed by atoms with Gasteiger partial charge in [0.2, 0.25) is 0 Å². The van der Waals surface area contributed by atoms with E-state index in [0.29, 0.717) is 5.92 Å². The molecule has 0 saturated carbocycles. The van der Waals surface area contributed by atoms with Crippen molar-refractivity contribution in [1.29, 1.82) is 0 Å². The largest absolute Gasteiger partial charge is 0.496 e. The maximum absolute atomic E-state index is 12.0. The lowest BCUT2D eigenvalue weighted by Gasteiger charge is -2.16. The van der Waals surface area contributed by atoms with Gasteiger partial charge in [-0.3, -0.25) is 9.59 Å². The molecular formula is C22H24Br2O5S. The molecule has 8 heteroatoms. The third-order valence-corrected chi connectivity index (χ3v) is 7.42. The van der Waals surface area contributed by atoms with Crippen LogP contribution in [-0.4, -0.2) is 33.3 Å². The van der Waals surface area contributed by atoms with Crippen LogP contribution in [0.2, 0.25) is 0 Å². The molecule has 0 bridgehead atoms. The molecule has 0 aromatic heterocycles. The summed E-state index contributed by atoms with van der Waals surface area (Å²) in [6.45, 7) is 4.26. The van der Waals surface area contributed by atoms with Crippen LogP contribution in [0.1, 0.15) is 30.9 Å². The van der Waals surface area contributed by atoms with Crippen molar-refractivity contribution >= 4 is 55.6 Å². The zero-order valence-electron chi connectivity index (χ0n) is 17.5. The summed E-state index contributed by atoms with van der Waals surface area (Å²) in [5.41, 5.74) is 1.95. The fraction of sp³-hybridized carbons (Fsp3) is 0.364. The van der Waals surface area contributed by atoms with E-state index in [1.807, 2.05) is 24.3 Å². The van der Waals surface area contributed by atoms with Gasteiger partial charge in [-0.1, -0.05) is 25.6 Å². The first-order chi connectivity index (χ1) is 14.2. The van der Waals surface area contributed by atoms with Gasteiger partial charge < -0.3 is 14.2 Å². The number of methoxy groups -OCH3 is 3. The minimum atomic E-state index is -1.01. The van der Waals surface area contributed by atoms with E-state index in [0.717, 1.165) is 35.6 Å². The van der Waals surface area contributed by atoms with Gasteiger partial charge in [0.25, 0.3) is 0 Å². The van der Waals surface area contributed by atoms with Gasteiger partial charge in [0.05, 0.1) is 21.3 Å². The second-order valence-corrected chi connectivity index (χ2v) is 9.64. The summed E-state index contributed by atoms with van der Waals surface area (Å²) in [5, 5.41) is 0. The fourth-order valence-electron chi connectivity index (χ4n) is 2.96. The molecule has 2 aromatic rings. The topological polar surface area (TPSA) is 61.8 Å². The van der Waals surface area contributed by atoms with Crippen molar-refractivity contribution in [3.8, 4) is 5.75 Å². The molecule has 0 aliphatic rings. The Morgan fingerprint density at radius 2 is 1.53 bits per heavy atom. The lowest BCUT2D eigenvalue weighted by Crippen LogP contribution is -2.28. The van der Waals surface area contributed by atoms with Gasteiger partial charge in [0.15, 0.2) is 5.92 Å². The Bertz CT molecular complexity index is 891. The van der Waals surface area contributed by atoms with E-state index in [1.165, 1.54) is 14.2 Å². The van der Waals surface area contributed by atoms with Crippen LogP contribution in [0.25, 0.3) is 0 Å². The SMILES string of the molecule is COC(=O)C(Cc1cc(Br)c(Sc2ccc(OC)c(C(C)C)c2)c(Br)c1)C(=O)OC. The van der Waals surface area contributed by atoms with Gasteiger partial charge in [-0.25, -0.2) is 0 Å². The van der Waals surface area contributed by atoms with Crippen LogP contribution in [0.3, 0.4) is 0 Å². The Morgan fingerprint density at radius 1 is 0.967 bits per heavy atom. The van der Waals surface area contributed by atoms with Crippen LogP contribution in [0, 0.1) is 5.92 Å². The molecule has 0 aliphatic heterocycles. The summed E-state index contributed by atoms with van der Waals surface area (Å²) in [6, 6.07) is 9.93. The number of ether oxygens (including phenoxy) is 3. The molecule has 0 saturated heterocycles. The zero-order valence-corrected chi connectivity index (χ0v) is 21.4. The van der Waals surface area contributed by atoms with Gasteiger partial charge in [-0.15, -0.1) is 0 Å². The van der Waals surface area contributed by atoms with Crippen molar-refractivity contribution in [2.75, 3.05) is 21.3 Å². The van der Waals surface area contributed by atoms with E-state index in [9.17, 15) is 9.59 Å². The smallest absolute Gasteiger partial charge is 0.320 e. The minimum absolute atomic E-state index is 0.182. The van der Waals surface area contributed by atoms with E-state index in [-0.39, 0.29) is 6.42 Å². The van der Waals surface area contributed by atoms with Crippen molar-refractivity contribution in [3.63, 3.8) is 0 Å². The highest BCUT2D eigenvalue weighted by atomic mass is 79.9. The van der Waals surface area contributed by atoms with Gasteiger partial charge in [-0.05, 0) is 85.7 Å². The van der Waals surface area contributed by atoms with E-state index in [1.54, 1.807) is 18.9 Å². The summed E-state index contributed by atoms with van der Waals surface area (Å²) in [7, 11) is 4.18. The number of halogens is 2. The molecule has 0 heterocycles. The summed E-state index contributed by atoms with van der Waals surface area (Å²) < 4.78 is 16.7. The second-order valence-electron chi connectivity index (χ2n) is 6.85. The Morgan fingerprint density at radius 3 is 2.00 bits per heavy atom. The molecule has 5 nitrogen and oxygen atoms in total. The molecule has 0 fully saturated rings. The first kappa shape index (κ1) is 24.8. The monoisotopic (exact) mass is 558 g/mol. The van der Waals surface area contributed by atoms with Crippen LogP contribution in [-0.2, 0) is 25.5 Å². The molecule has 0 aliphatic carbocycles. The summed E-state index contributed by atoms with van der Waals surface area (Å²) in [5.74, 6) is -1.03. The average Bonchev–Trinajstić information content (AvgIpc) is 2.73. The van der Waals surface area contributed by atoms with Crippen LogP contribution in [0.15, 0.2) is 49.1 Å². The lowest BCUT2D eigenvalue weighted by atomic mass is 9.99. The average molecular weight is 560 g/mol. The Kier molecular flexibility index (Phi) is 9.25. The van der Waals surface area contributed by atoms with Gasteiger partial charge in [0.1, 0.15) is 5.75 Å². The standard InChI is InChI=1S/C22H24Br2O5S/c1-12(2)15-11-14(6-7-19(15)27-3)30-20-17(23)9-13(10-18(20)24)8-16(21(25)28-4)22(26)29-5/h6-7,9-12,16H,8H2,1-5H3. The molecule has 0 atom stereocenters. The third-order valence-electron chi connectivity index (χ3n) is 4.51. The predicted molar refractivity (Wildman–Crippen MR) is 124 cm³/mol. The van der Waals surface area contributed by atoms with Crippen LogP contribution >= 0.6 is 43.6 Å². The van der Waals surface area contributed by atoms with Crippen molar-refractivity contribution < 1.29 is 23.8 Å². The second kappa shape index (κ2) is 11.2. The molecule has 30 heavy (non-hydrogen) atoms. The maximum Gasteiger partial charge on any atom is 0.320 e. The molecular weight excluding hydrogens is 536 g/mol. The van der Waals surface area contributed by atoms with Gasteiger partial charge in [-0.2, -0.15) is 0 Å². The van der Waals surface area contributed by atoms with E-state index >= 15 is 0 Å². The number of benzene rings is 2. The molecule has 0 N–H and O–H groups in total. The quantitative estimate of drug-likeness (QED) is 0.292. The summed E-state index contributed by atoms with van der Waals surface area (Å²) >= 11 is 8.85. The number of carbonyl (C=O) groups excluding carboxylic acids is 2. The van der Waals surface area contributed by atoms with Crippen molar-refractivity contribution in [2.24, 2.45) is 5.92 Å². The molecule has 162 valence electrons. The molecule has 2 rings (SSSR count). The zero-order chi connectivity index (χ0) is 22.4. The Labute approximate surface area is 198 Å². The van der Waals surface area contributed by atoms with Crippen molar-refractivity contribution in [3.05, 3.63) is 50.4 Å². The highest BCUT2D eigenvalue weighted by Gasteiger charge is 2.29. The summed E-state index contributed by atoms with van der Waals surface area (Å²) in [6.07, 6.45) is 0.182. The normalized spacial score (nSPS) is 11.0. The molecule has 0 spiro atoms. The molecule has 0 unspecified atom stereocenters. The van der Waals surface area contributed by atoms with Gasteiger partial charge >= 0.3 is 11.9 Å². The summed E-state index contributed by atoms with van der Waals surface area (Å²) in [4.78, 5) is 26.0. The third kappa shape index (κ3) is 6.02. The van der Waals surface area contributed by atoms with E-state index in [4.69, 9.17) is 14.2 Å². The predicted octanol–water partition coefficient (Wildman–Crippen LogP) is 6.00. The fourth-order valence-corrected chi connectivity index (χ4v) is 5.59. The number of rotatable bonds is 8. The van der Waals surface area contributed by atoms with E-state index < -0.39 is 17.9 Å². The maximum atomic E-state index is 12.0.